The average Bonchev–Trinajstić information content (AvgIpc) is 3.36. The van der Waals surface area contributed by atoms with Crippen molar-refractivity contribution in [1.82, 2.24) is 15.2 Å². The molecule has 2 aromatic heterocycles. The van der Waals surface area contributed by atoms with Gasteiger partial charge in [-0.25, -0.2) is 4.98 Å². The molecule has 3 aromatic rings. The van der Waals surface area contributed by atoms with Crippen molar-refractivity contribution in [2.45, 2.75) is 30.7 Å². The molecule has 1 unspecified atom stereocenters. The minimum atomic E-state index is -0.412. The van der Waals surface area contributed by atoms with Crippen LogP contribution in [0, 0.1) is 6.92 Å². The Balaban J connectivity index is 1.34. The highest BCUT2D eigenvalue weighted by atomic mass is 32.2. The first-order chi connectivity index (χ1) is 13.1. The van der Waals surface area contributed by atoms with Crippen LogP contribution in [0.5, 0.6) is 11.5 Å². The average molecular weight is 404 g/mol. The maximum absolute atomic E-state index is 12.4. The normalized spacial score (nSPS) is 13.6. The fraction of sp³-hybridized carbons (Fsp3) is 0.294. The molecule has 1 aliphatic rings. The maximum Gasteiger partial charge on any atom is 0.277 e. The molecule has 1 amide bonds. The zero-order valence-electron chi connectivity index (χ0n) is 14.6. The van der Waals surface area contributed by atoms with E-state index < -0.39 is 5.25 Å². The number of aromatic nitrogens is 3. The largest absolute Gasteiger partial charge is 0.454 e. The van der Waals surface area contributed by atoms with E-state index in [2.05, 4.69) is 20.5 Å². The summed E-state index contributed by atoms with van der Waals surface area (Å²) < 4.78 is 16.2. The van der Waals surface area contributed by atoms with Gasteiger partial charge in [-0.15, -0.1) is 21.5 Å². The number of carbonyl (C=O) groups is 1. The van der Waals surface area contributed by atoms with E-state index in [0.717, 1.165) is 10.7 Å². The number of benzene rings is 1. The van der Waals surface area contributed by atoms with Crippen LogP contribution in [0.2, 0.25) is 0 Å². The molecule has 0 radical (unpaired) electrons. The van der Waals surface area contributed by atoms with Crippen molar-refractivity contribution in [2.75, 3.05) is 12.1 Å². The monoisotopic (exact) mass is 404 g/mol. The molecule has 0 saturated heterocycles. The Morgan fingerprint density at radius 3 is 3.00 bits per heavy atom. The third kappa shape index (κ3) is 4.22. The van der Waals surface area contributed by atoms with Crippen LogP contribution < -0.4 is 14.8 Å². The van der Waals surface area contributed by atoms with E-state index in [1.807, 2.05) is 12.3 Å². The molecular formula is C17H16N4O4S2. The minimum absolute atomic E-state index is 0.172. The highest BCUT2D eigenvalue weighted by Crippen LogP contribution is 2.34. The highest BCUT2D eigenvalue weighted by Gasteiger charge is 2.20. The topological polar surface area (TPSA) is 99.4 Å². The molecule has 8 nitrogen and oxygen atoms in total. The molecule has 1 N–H and O–H groups in total. The van der Waals surface area contributed by atoms with Gasteiger partial charge >= 0.3 is 0 Å². The Bertz CT molecular complexity index is 972. The Morgan fingerprint density at radius 1 is 1.33 bits per heavy atom. The predicted molar refractivity (Wildman–Crippen MR) is 100 cm³/mol. The number of amides is 1. The fourth-order valence-electron chi connectivity index (χ4n) is 2.42. The van der Waals surface area contributed by atoms with Crippen molar-refractivity contribution >= 4 is 34.7 Å². The van der Waals surface area contributed by atoms with Crippen LogP contribution in [0.1, 0.15) is 23.5 Å². The zero-order valence-corrected chi connectivity index (χ0v) is 16.2. The predicted octanol–water partition coefficient (Wildman–Crippen LogP) is 3.27. The van der Waals surface area contributed by atoms with Crippen molar-refractivity contribution in [3.8, 4) is 11.5 Å². The summed E-state index contributed by atoms with van der Waals surface area (Å²) in [4.78, 5) is 16.8. The van der Waals surface area contributed by atoms with E-state index in [4.69, 9.17) is 13.9 Å². The maximum atomic E-state index is 12.4. The SMILES string of the molecule is Cc1nc(Cc2nnc(SC(C)C(=O)Nc3ccc4c(c3)OCO4)o2)cs1. The third-order valence-electron chi connectivity index (χ3n) is 3.73. The smallest absolute Gasteiger partial charge is 0.277 e. The summed E-state index contributed by atoms with van der Waals surface area (Å²) in [6, 6.07) is 5.27. The molecule has 27 heavy (non-hydrogen) atoms. The molecule has 10 heteroatoms. The molecule has 1 atom stereocenters. The fourth-order valence-corrected chi connectivity index (χ4v) is 3.74. The summed E-state index contributed by atoms with van der Waals surface area (Å²) in [7, 11) is 0. The lowest BCUT2D eigenvalue weighted by molar-refractivity contribution is -0.115. The first-order valence-corrected chi connectivity index (χ1v) is 9.93. The van der Waals surface area contributed by atoms with Crippen molar-refractivity contribution in [2.24, 2.45) is 0 Å². The van der Waals surface area contributed by atoms with Crippen molar-refractivity contribution in [3.05, 3.63) is 40.2 Å². The van der Waals surface area contributed by atoms with Crippen LogP contribution in [0.25, 0.3) is 0 Å². The van der Waals surface area contributed by atoms with Crippen molar-refractivity contribution < 1.29 is 18.7 Å². The molecule has 1 aliphatic heterocycles. The third-order valence-corrected chi connectivity index (χ3v) is 5.49. The van der Waals surface area contributed by atoms with Gasteiger partial charge in [-0.05, 0) is 26.0 Å². The molecule has 0 spiro atoms. The number of thiazole rings is 1. The number of rotatable bonds is 6. The Morgan fingerprint density at radius 2 is 2.19 bits per heavy atom. The summed E-state index contributed by atoms with van der Waals surface area (Å²) in [6.07, 6.45) is 0.482. The first-order valence-electron chi connectivity index (χ1n) is 8.17. The number of hydrogen-bond acceptors (Lipinski definition) is 9. The molecule has 3 heterocycles. The second-order valence-corrected chi connectivity index (χ2v) is 8.17. The summed E-state index contributed by atoms with van der Waals surface area (Å²) in [5.41, 5.74) is 1.54. The van der Waals surface area contributed by atoms with Gasteiger partial charge in [0.1, 0.15) is 0 Å². The van der Waals surface area contributed by atoms with E-state index in [0.29, 0.717) is 34.7 Å². The van der Waals surface area contributed by atoms with E-state index in [9.17, 15) is 4.79 Å². The number of ether oxygens (including phenoxy) is 2. The second kappa shape index (κ2) is 7.57. The Labute approximate surface area is 163 Å². The number of anilines is 1. The van der Waals surface area contributed by atoms with E-state index in [1.54, 1.807) is 36.5 Å². The van der Waals surface area contributed by atoms with Gasteiger partial charge in [0, 0.05) is 17.1 Å². The molecule has 0 bridgehead atoms. The number of nitrogens with zero attached hydrogens (tertiary/aromatic N) is 3. The highest BCUT2D eigenvalue weighted by molar-refractivity contribution is 8.00. The summed E-state index contributed by atoms with van der Waals surface area (Å²) in [5.74, 6) is 1.59. The first kappa shape index (κ1) is 17.8. The van der Waals surface area contributed by atoms with Gasteiger partial charge in [0.25, 0.3) is 5.22 Å². The van der Waals surface area contributed by atoms with Gasteiger partial charge in [0.15, 0.2) is 11.5 Å². The van der Waals surface area contributed by atoms with Gasteiger partial charge in [-0.1, -0.05) is 11.8 Å². The number of hydrogen-bond donors (Lipinski definition) is 1. The quantitative estimate of drug-likeness (QED) is 0.625. The summed E-state index contributed by atoms with van der Waals surface area (Å²) in [5, 5.41) is 13.8. The number of fused-ring (bicyclic) bond motifs is 1. The zero-order chi connectivity index (χ0) is 18.8. The van der Waals surface area contributed by atoms with Gasteiger partial charge < -0.3 is 19.2 Å². The number of carbonyl (C=O) groups excluding carboxylic acids is 1. The molecule has 1 aromatic carbocycles. The number of nitrogens with one attached hydrogen (secondary N) is 1. The van der Waals surface area contributed by atoms with E-state index >= 15 is 0 Å². The second-order valence-electron chi connectivity index (χ2n) is 5.81. The Hall–Kier alpha value is -2.59. The lowest BCUT2D eigenvalue weighted by Gasteiger charge is -2.10. The minimum Gasteiger partial charge on any atom is -0.454 e. The standard InChI is InChI=1S/C17H16N4O4S2/c1-9(16(22)19-11-3-4-13-14(5-11)24-8-23-13)27-17-21-20-15(25-17)6-12-7-26-10(2)18-12/h3-5,7,9H,6,8H2,1-2H3,(H,19,22). The molecular weight excluding hydrogens is 388 g/mol. The van der Waals surface area contributed by atoms with Crippen molar-refractivity contribution in [1.29, 1.82) is 0 Å². The van der Waals surface area contributed by atoms with Crippen LogP contribution in [0.3, 0.4) is 0 Å². The summed E-state index contributed by atoms with van der Waals surface area (Å²) in [6.45, 7) is 3.92. The summed E-state index contributed by atoms with van der Waals surface area (Å²) >= 11 is 2.78. The lowest BCUT2D eigenvalue weighted by Crippen LogP contribution is -2.22. The lowest BCUT2D eigenvalue weighted by atomic mass is 10.2. The van der Waals surface area contributed by atoms with Crippen LogP contribution in [0.4, 0.5) is 5.69 Å². The molecule has 0 saturated carbocycles. The van der Waals surface area contributed by atoms with E-state index in [-0.39, 0.29) is 12.7 Å². The van der Waals surface area contributed by atoms with Gasteiger partial charge in [0.05, 0.1) is 22.4 Å². The molecule has 4 rings (SSSR count). The van der Waals surface area contributed by atoms with Gasteiger partial charge in [0.2, 0.25) is 18.6 Å². The number of aryl methyl sites for hydroxylation is 1. The van der Waals surface area contributed by atoms with Crippen LogP contribution in [-0.4, -0.2) is 33.1 Å². The molecule has 140 valence electrons. The number of thioether (sulfide) groups is 1. The van der Waals surface area contributed by atoms with Gasteiger partial charge in [-0.2, -0.15) is 0 Å². The van der Waals surface area contributed by atoms with Crippen LogP contribution in [-0.2, 0) is 11.2 Å². The Kier molecular flexibility index (Phi) is 4.99. The van der Waals surface area contributed by atoms with Gasteiger partial charge in [-0.3, -0.25) is 4.79 Å². The van der Waals surface area contributed by atoms with Crippen molar-refractivity contribution in [3.63, 3.8) is 0 Å². The van der Waals surface area contributed by atoms with Crippen LogP contribution in [0.15, 0.2) is 33.2 Å². The van der Waals surface area contributed by atoms with Crippen LogP contribution >= 0.6 is 23.1 Å². The molecule has 0 aliphatic carbocycles. The van der Waals surface area contributed by atoms with E-state index in [1.165, 1.54) is 11.8 Å². The molecule has 0 fully saturated rings.